The first-order chi connectivity index (χ1) is 13.2. The van der Waals surface area contributed by atoms with E-state index in [0.717, 1.165) is 22.6 Å². The number of hydrogen-bond donors (Lipinski definition) is 1. The van der Waals surface area contributed by atoms with Crippen LogP contribution >= 0.6 is 0 Å². The van der Waals surface area contributed by atoms with Crippen molar-refractivity contribution >= 4 is 11.9 Å². The van der Waals surface area contributed by atoms with Gasteiger partial charge >= 0.3 is 0 Å². The van der Waals surface area contributed by atoms with Crippen LogP contribution in [0, 0.1) is 6.92 Å². The molecule has 0 saturated heterocycles. The zero-order valence-corrected chi connectivity index (χ0v) is 15.0. The van der Waals surface area contributed by atoms with Gasteiger partial charge in [0.1, 0.15) is 31.0 Å². The van der Waals surface area contributed by atoms with Crippen LogP contribution in [0.5, 0.6) is 11.5 Å². The average molecular weight is 364 g/mol. The molecular formula is C20H20N4O3. The summed E-state index contributed by atoms with van der Waals surface area (Å²) >= 11 is 0. The number of carbonyl (C=O) groups is 1. The Morgan fingerprint density at radius 1 is 1.11 bits per heavy atom. The predicted molar refractivity (Wildman–Crippen MR) is 100 cm³/mol. The summed E-state index contributed by atoms with van der Waals surface area (Å²) in [5.41, 5.74) is 2.09. The Kier molecular flexibility index (Phi) is 4.74. The van der Waals surface area contributed by atoms with Gasteiger partial charge in [0, 0.05) is 0 Å². The van der Waals surface area contributed by atoms with Crippen LogP contribution in [0.25, 0.3) is 0 Å². The second-order valence-electron chi connectivity index (χ2n) is 6.33. The van der Waals surface area contributed by atoms with Crippen LogP contribution in [0.2, 0.25) is 0 Å². The Labute approximate surface area is 156 Å². The third kappa shape index (κ3) is 3.76. The molecule has 1 aliphatic rings. The molecule has 4 rings (SSSR count). The summed E-state index contributed by atoms with van der Waals surface area (Å²) in [4.78, 5) is 15.9. The minimum absolute atomic E-state index is 0.0609. The van der Waals surface area contributed by atoms with E-state index in [9.17, 15) is 4.79 Å². The molecule has 138 valence electrons. The summed E-state index contributed by atoms with van der Waals surface area (Å²) < 4.78 is 13.2. The largest absolute Gasteiger partial charge is 0.490 e. The van der Waals surface area contributed by atoms with E-state index in [-0.39, 0.29) is 11.9 Å². The summed E-state index contributed by atoms with van der Waals surface area (Å²) in [5.74, 6) is 2.04. The van der Waals surface area contributed by atoms with E-state index in [1.54, 1.807) is 4.68 Å². The molecule has 27 heavy (non-hydrogen) atoms. The molecule has 1 N–H and O–H groups in total. The van der Waals surface area contributed by atoms with Crippen LogP contribution in [-0.4, -0.2) is 33.9 Å². The Morgan fingerprint density at radius 3 is 2.70 bits per heavy atom. The van der Waals surface area contributed by atoms with Gasteiger partial charge in [-0.05, 0) is 36.2 Å². The maximum atomic E-state index is 11.9. The van der Waals surface area contributed by atoms with E-state index in [0.29, 0.717) is 25.6 Å². The van der Waals surface area contributed by atoms with Crippen molar-refractivity contribution in [3.05, 3.63) is 66.0 Å². The van der Waals surface area contributed by atoms with Gasteiger partial charge in [0.05, 0.1) is 12.5 Å². The number of aryl methyl sites for hydroxylation is 1. The first-order valence-corrected chi connectivity index (χ1v) is 8.81. The molecule has 0 radical (unpaired) electrons. The minimum Gasteiger partial charge on any atom is -0.490 e. The molecule has 3 aromatic rings. The fraction of sp³-hybridized carbons (Fsp3) is 0.250. The minimum atomic E-state index is -0.158. The lowest BCUT2D eigenvalue weighted by Crippen LogP contribution is -2.29. The third-order valence-corrected chi connectivity index (χ3v) is 4.47. The lowest BCUT2D eigenvalue weighted by atomic mass is 10.0. The Bertz CT molecular complexity index is 936. The average Bonchev–Trinajstić information content (AvgIpc) is 3.15. The summed E-state index contributed by atoms with van der Waals surface area (Å²) in [7, 11) is 0. The second-order valence-corrected chi connectivity index (χ2v) is 6.33. The quantitative estimate of drug-likeness (QED) is 0.681. The smallest absolute Gasteiger partial charge is 0.229 e. The molecule has 1 aromatic heterocycles. The molecule has 1 atom stereocenters. The van der Waals surface area contributed by atoms with Gasteiger partial charge < -0.3 is 9.47 Å². The van der Waals surface area contributed by atoms with Gasteiger partial charge in [0.2, 0.25) is 11.9 Å². The van der Waals surface area contributed by atoms with Gasteiger partial charge in [-0.2, -0.15) is 10.1 Å². The van der Waals surface area contributed by atoms with Crippen molar-refractivity contribution < 1.29 is 14.3 Å². The number of nitrogens with zero attached hydrogens (tertiary/aromatic N) is 3. The van der Waals surface area contributed by atoms with Crippen LogP contribution < -0.4 is 14.8 Å². The second kappa shape index (κ2) is 7.49. The lowest BCUT2D eigenvalue weighted by Gasteiger charge is -2.23. The standard InChI is InChI=1S/C20H20N4O3/c1-14-4-2-3-5-18(14)27-11-10-26-16-8-6-15(7-9-16)17-12-19(25)23-20-21-13-22-24(17)20/h2-9,13,17H,10-12H2,1H3,(H,21,22,23,25)/t17-/m1/s1. The van der Waals surface area contributed by atoms with E-state index >= 15 is 0 Å². The monoisotopic (exact) mass is 364 g/mol. The van der Waals surface area contributed by atoms with Crippen molar-refractivity contribution in [1.29, 1.82) is 0 Å². The molecule has 0 spiro atoms. The highest BCUT2D eigenvalue weighted by molar-refractivity contribution is 5.91. The highest BCUT2D eigenvalue weighted by Crippen LogP contribution is 2.29. The van der Waals surface area contributed by atoms with E-state index < -0.39 is 0 Å². The summed E-state index contributed by atoms with van der Waals surface area (Å²) in [6.07, 6.45) is 1.78. The number of carbonyl (C=O) groups excluding carboxylic acids is 1. The molecule has 0 fully saturated rings. The van der Waals surface area contributed by atoms with Crippen LogP contribution in [0.15, 0.2) is 54.9 Å². The number of nitrogens with one attached hydrogen (secondary N) is 1. The van der Waals surface area contributed by atoms with Gasteiger partial charge in [-0.15, -0.1) is 0 Å². The van der Waals surface area contributed by atoms with Gasteiger partial charge in [-0.1, -0.05) is 30.3 Å². The number of aromatic nitrogens is 3. The van der Waals surface area contributed by atoms with Crippen molar-refractivity contribution in [2.24, 2.45) is 0 Å². The zero-order valence-electron chi connectivity index (χ0n) is 15.0. The molecule has 2 aromatic carbocycles. The van der Waals surface area contributed by atoms with Crippen LogP contribution in [0.1, 0.15) is 23.6 Å². The van der Waals surface area contributed by atoms with Crippen molar-refractivity contribution in [2.45, 2.75) is 19.4 Å². The highest BCUT2D eigenvalue weighted by Gasteiger charge is 2.27. The Morgan fingerprint density at radius 2 is 1.89 bits per heavy atom. The van der Waals surface area contributed by atoms with Crippen LogP contribution in [-0.2, 0) is 4.79 Å². The number of amides is 1. The van der Waals surface area contributed by atoms with Gasteiger partial charge in [-0.25, -0.2) is 4.68 Å². The maximum absolute atomic E-state index is 11.9. The lowest BCUT2D eigenvalue weighted by molar-refractivity contribution is -0.117. The van der Waals surface area contributed by atoms with Crippen LogP contribution in [0.3, 0.4) is 0 Å². The number of benzene rings is 2. The fourth-order valence-corrected chi connectivity index (χ4v) is 3.08. The van der Waals surface area contributed by atoms with Crippen molar-refractivity contribution in [3.8, 4) is 11.5 Å². The molecule has 1 amide bonds. The molecular weight excluding hydrogens is 344 g/mol. The number of hydrogen-bond acceptors (Lipinski definition) is 5. The first-order valence-electron chi connectivity index (χ1n) is 8.81. The normalized spacial score (nSPS) is 15.7. The van der Waals surface area contributed by atoms with E-state index in [1.807, 2.05) is 55.5 Å². The predicted octanol–water partition coefficient (Wildman–Crippen LogP) is 2.98. The third-order valence-electron chi connectivity index (χ3n) is 4.47. The molecule has 0 unspecified atom stereocenters. The zero-order chi connectivity index (χ0) is 18.6. The Balaban J connectivity index is 1.35. The van der Waals surface area contributed by atoms with E-state index in [4.69, 9.17) is 9.47 Å². The summed E-state index contributed by atoms with van der Waals surface area (Å²) in [6.45, 7) is 2.94. The van der Waals surface area contributed by atoms with E-state index in [2.05, 4.69) is 15.4 Å². The first kappa shape index (κ1) is 17.1. The van der Waals surface area contributed by atoms with Gasteiger partial charge in [0.15, 0.2) is 0 Å². The summed E-state index contributed by atoms with van der Waals surface area (Å²) in [5, 5.41) is 6.93. The topological polar surface area (TPSA) is 78.3 Å². The number of ether oxygens (including phenoxy) is 2. The molecule has 0 saturated carbocycles. The van der Waals surface area contributed by atoms with Crippen molar-refractivity contribution in [2.75, 3.05) is 18.5 Å². The molecule has 7 nitrogen and oxygen atoms in total. The van der Waals surface area contributed by atoms with Crippen molar-refractivity contribution in [1.82, 2.24) is 14.8 Å². The molecule has 0 bridgehead atoms. The molecule has 1 aliphatic heterocycles. The van der Waals surface area contributed by atoms with E-state index in [1.165, 1.54) is 6.33 Å². The number of anilines is 1. The maximum Gasteiger partial charge on any atom is 0.229 e. The van der Waals surface area contributed by atoms with Gasteiger partial charge in [0.25, 0.3) is 0 Å². The fourth-order valence-electron chi connectivity index (χ4n) is 3.08. The van der Waals surface area contributed by atoms with Crippen molar-refractivity contribution in [3.63, 3.8) is 0 Å². The molecule has 0 aliphatic carbocycles. The number of fused-ring (bicyclic) bond motifs is 1. The van der Waals surface area contributed by atoms with Gasteiger partial charge in [-0.3, -0.25) is 10.1 Å². The Hall–Kier alpha value is -3.35. The van der Waals surface area contributed by atoms with Crippen LogP contribution in [0.4, 0.5) is 5.95 Å². The number of rotatable bonds is 6. The highest BCUT2D eigenvalue weighted by atomic mass is 16.5. The summed E-state index contributed by atoms with van der Waals surface area (Å²) in [6, 6.07) is 15.4. The molecule has 2 heterocycles. The molecule has 7 heteroatoms. The number of para-hydroxylation sites is 1. The SMILES string of the molecule is Cc1ccccc1OCCOc1ccc([C@H]2CC(=O)Nc3ncnn32)cc1.